The highest BCUT2D eigenvalue weighted by atomic mass is 31.2. The molecule has 0 heterocycles. The van der Waals surface area contributed by atoms with Crippen molar-refractivity contribution in [2.45, 2.75) is 388 Å². The van der Waals surface area contributed by atoms with Crippen LogP contribution in [0.5, 0.6) is 0 Å². The third kappa shape index (κ3) is 66.7. The molecule has 0 spiro atoms. The fraction of sp³-hybridized carbons (Fsp3) is 0.945. The van der Waals surface area contributed by atoms with E-state index in [1.807, 2.05) is 0 Å². The monoisotopic (exact) mass is 1350 g/mol. The lowest BCUT2D eigenvalue weighted by molar-refractivity contribution is -0.161. The molecule has 0 radical (unpaired) electrons. The minimum absolute atomic E-state index is 0.104. The maximum Gasteiger partial charge on any atom is 0.472 e. The van der Waals surface area contributed by atoms with Crippen molar-refractivity contribution in [3.63, 3.8) is 0 Å². The quantitative estimate of drug-likeness (QED) is 0.0222. The van der Waals surface area contributed by atoms with Crippen molar-refractivity contribution in [3.05, 3.63) is 0 Å². The van der Waals surface area contributed by atoms with Crippen LogP contribution in [0.2, 0.25) is 0 Å². The van der Waals surface area contributed by atoms with Crippen LogP contribution in [0.15, 0.2) is 0 Å². The number of phosphoric ester groups is 2. The highest BCUT2D eigenvalue weighted by Gasteiger charge is 2.30. The van der Waals surface area contributed by atoms with Gasteiger partial charge in [0.25, 0.3) is 0 Å². The van der Waals surface area contributed by atoms with Crippen molar-refractivity contribution in [2.75, 3.05) is 39.6 Å². The first-order chi connectivity index (χ1) is 44.2. The number of carbonyl (C=O) groups is 4. The SMILES string of the molecule is CCCCCCCCCCCCCCCCCCCCC(=O)O[C@H](COC(=O)CCCCCCCCCCCCC(C)C)COP(=O)(O)OC[C@@H](O)COP(=O)(O)OC[C@@H](COC(=O)CCCCCCCCC(C)C)OC(=O)CCCCCCCCCCCC(C)C. The zero-order valence-electron chi connectivity index (χ0n) is 60.0. The summed E-state index contributed by atoms with van der Waals surface area (Å²) in [7, 11) is -9.91. The first-order valence-electron chi connectivity index (χ1n) is 37.8. The van der Waals surface area contributed by atoms with Gasteiger partial charge in [-0.25, -0.2) is 9.13 Å². The van der Waals surface area contributed by atoms with E-state index in [-0.39, 0.29) is 25.7 Å². The molecule has 0 aromatic rings. The van der Waals surface area contributed by atoms with Gasteiger partial charge in [0, 0.05) is 25.7 Å². The Morgan fingerprint density at radius 3 is 0.739 bits per heavy atom. The van der Waals surface area contributed by atoms with E-state index in [2.05, 4.69) is 48.5 Å². The summed E-state index contributed by atoms with van der Waals surface area (Å²) in [5.41, 5.74) is 0. The molecular formula is C73H142O17P2. The normalized spacial score (nSPS) is 14.1. The minimum Gasteiger partial charge on any atom is -0.462 e. The van der Waals surface area contributed by atoms with Crippen LogP contribution in [0.3, 0.4) is 0 Å². The molecular weight excluding hydrogens is 1210 g/mol. The summed E-state index contributed by atoms with van der Waals surface area (Å²) in [6.07, 6.45) is 48.8. The van der Waals surface area contributed by atoms with Crippen molar-refractivity contribution in [3.8, 4) is 0 Å². The predicted molar refractivity (Wildman–Crippen MR) is 372 cm³/mol. The van der Waals surface area contributed by atoms with Gasteiger partial charge < -0.3 is 33.8 Å². The van der Waals surface area contributed by atoms with Gasteiger partial charge in [-0.2, -0.15) is 0 Å². The molecule has 2 unspecified atom stereocenters. The maximum atomic E-state index is 13.1. The van der Waals surface area contributed by atoms with Gasteiger partial charge in [-0.15, -0.1) is 0 Å². The summed E-state index contributed by atoms with van der Waals surface area (Å²) in [5, 5.41) is 10.6. The molecule has 0 fully saturated rings. The fourth-order valence-corrected chi connectivity index (χ4v) is 12.7. The third-order valence-electron chi connectivity index (χ3n) is 16.9. The largest absolute Gasteiger partial charge is 0.472 e. The third-order valence-corrected chi connectivity index (χ3v) is 18.8. The number of hydrogen-bond acceptors (Lipinski definition) is 15. The van der Waals surface area contributed by atoms with Gasteiger partial charge >= 0.3 is 39.5 Å². The Labute approximate surface area is 562 Å². The average Bonchev–Trinajstić information content (AvgIpc) is 1.68. The Morgan fingerprint density at radius 2 is 0.500 bits per heavy atom. The van der Waals surface area contributed by atoms with E-state index in [4.69, 9.17) is 37.0 Å². The molecule has 3 N–H and O–H groups in total. The smallest absolute Gasteiger partial charge is 0.462 e. The molecule has 0 saturated heterocycles. The molecule has 0 aliphatic heterocycles. The van der Waals surface area contributed by atoms with Gasteiger partial charge in [-0.1, -0.05) is 318 Å². The van der Waals surface area contributed by atoms with Gasteiger partial charge in [0.15, 0.2) is 12.2 Å². The molecule has 17 nitrogen and oxygen atoms in total. The summed E-state index contributed by atoms with van der Waals surface area (Å²) in [6.45, 7) is 11.8. The Bertz CT molecular complexity index is 1800. The summed E-state index contributed by atoms with van der Waals surface area (Å²) < 4.78 is 68.4. The number of ether oxygens (including phenoxy) is 4. The van der Waals surface area contributed by atoms with Crippen molar-refractivity contribution < 1.29 is 80.2 Å². The number of rotatable bonds is 71. The van der Waals surface area contributed by atoms with Crippen LogP contribution in [-0.2, 0) is 65.4 Å². The Balaban J connectivity index is 5.23. The minimum atomic E-state index is -4.95. The van der Waals surface area contributed by atoms with Gasteiger partial charge in [-0.3, -0.25) is 37.3 Å². The molecule has 0 aliphatic rings. The molecule has 0 saturated carbocycles. The van der Waals surface area contributed by atoms with E-state index in [1.165, 1.54) is 173 Å². The summed E-state index contributed by atoms with van der Waals surface area (Å²) in [6, 6.07) is 0. The second kappa shape index (κ2) is 63.8. The van der Waals surface area contributed by atoms with Crippen molar-refractivity contribution >= 4 is 39.5 Å². The first kappa shape index (κ1) is 90.1. The summed E-state index contributed by atoms with van der Waals surface area (Å²) in [4.78, 5) is 72.6. The molecule has 19 heteroatoms. The maximum absolute atomic E-state index is 13.1. The highest BCUT2D eigenvalue weighted by molar-refractivity contribution is 7.47. The van der Waals surface area contributed by atoms with E-state index < -0.39 is 97.5 Å². The Morgan fingerprint density at radius 1 is 0.293 bits per heavy atom. The second-order valence-corrected chi connectivity index (χ2v) is 30.7. The Kier molecular flexibility index (Phi) is 62.4. The van der Waals surface area contributed by atoms with Crippen molar-refractivity contribution in [1.82, 2.24) is 0 Å². The molecule has 546 valence electrons. The standard InChI is InChI=1S/C73H142O17P2/c1-8-9-10-11-12-13-14-15-16-17-18-19-20-21-28-33-42-49-56-72(77)89-68(60-83-70(75)54-47-40-32-27-23-22-25-30-37-44-51-64(2)3)62-87-91(79,80)85-58-67(74)59-86-92(81,82)88-63-69(61-84-71(76)55-48-41-36-35-39-46-53-66(6)7)90-73(78)57-50-43-34-29-24-26-31-38-45-52-65(4)5/h64-69,74H,8-63H2,1-7H3,(H,79,80)(H,81,82)/t67-,68-,69-/m1/s1. The van der Waals surface area contributed by atoms with Crippen LogP contribution >= 0.6 is 15.6 Å². The molecule has 0 bridgehead atoms. The number of unbranched alkanes of at least 4 members (excludes halogenated alkanes) is 39. The first-order valence-corrected chi connectivity index (χ1v) is 40.8. The molecule has 0 aromatic carbocycles. The molecule has 0 aliphatic carbocycles. The summed E-state index contributed by atoms with van der Waals surface area (Å²) in [5.74, 6) is 0.0496. The number of aliphatic hydroxyl groups excluding tert-OH is 1. The van der Waals surface area contributed by atoms with Crippen molar-refractivity contribution in [1.29, 1.82) is 0 Å². The van der Waals surface area contributed by atoms with Crippen LogP contribution in [-0.4, -0.2) is 96.7 Å². The number of aliphatic hydroxyl groups is 1. The molecule has 0 amide bonds. The number of esters is 4. The molecule has 0 rings (SSSR count). The van der Waals surface area contributed by atoms with E-state index in [1.54, 1.807) is 0 Å². The molecule has 5 atom stereocenters. The second-order valence-electron chi connectivity index (χ2n) is 27.8. The fourth-order valence-electron chi connectivity index (χ4n) is 11.1. The number of carbonyl (C=O) groups excluding carboxylic acids is 4. The van der Waals surface area contributed by atoms with E-state index in [9.17, 15) is 43.2 Å². The van der Waals surface area contributed by atoms with E-state index in [0.29, 0.717) is 31.6 Å². The van der Waals surface area contributed by atoms with Crippen LogP contribution in [0, 0.1) is 17.8 Å². The molecule has 0 aromatic heterocycles. The zero-order valence-corrected chi connectivity index (χ0v) is 61.8. The zero-order chi connectivity index (χ0) is 68.0. The van der Waals surface area contributed by atoms with Crippen LogP contribution in [0.4, 0.5) is 0 Å². The molecule has 92 heavy (non-hydrogen) atoms. The van der Waals surface area contributed by atoms with Crippen LogP contribution in [0.1, 0.15) is 370 Å². The lowest BCUT2D eigenvalue weighted by Gasteiger charge is -2.21. The highest BCUT2D eigenvalue weighted by Crippen LogP contribution is 2.45. The summed E-state index contributed by atoms with van der Waals surface area (Å²) >= 11 is 0. The van der Waals surface area contributed by atoms with Crippen LogP contribution in [0.25, 0.3) is 0 Å². The van der Waals surface area contributed by atoms with Gasteiger partial charge in [-0.05, 0) is 43.4 Å². The number of phosphoric acid groups is 2. The lowest BCUT2D eigenvalue weighted by atomic mass is 10.0. The Hall–Kier alpha value is -1.94. The number of hydrogen-bond donors (Lipinski definition) is 3. The van der Waals surface area contributed by atoms with Gasteiger partial charge in [0.05, 0.1) is 26.4 Å². The topological polar surface area (TPSA) is 237 Å². The van der Waals surface area contributed by atoms with E-state index in [0.717, 1.165) is 108 Å². The van der Waals surface area contributed by atoms with Gasteiger partial charge in [0.2, 0.25) is 0 Å². The lowest BCUT2D eigenvalue weighted by Crippen LogP contribution is -2.30. The van der Waals surface area contributed by atoms with Gasteiger partial charge in [0.1, 0.15) is 19.3 Å². The predicted octanol–water partition coefficient (Wildman–Crippen LogP) is 21.0. The van der Waals surface area contributed by atoms with Crippen LogP contribution < -0.4 is 0 Å². The van der Waals surface area contributed by atoms with Crippen molar-refractivity contribution in [2.24, 2.45) is 17.8 Å². The van der Waals surface area contributed by atoms with E-state index >= 15 is 0 Å². The average molecular weight is 1350 g/mol.